The molecule has 0 aliphatic rings. The topological polar surface area (TPSA) is 101 Å². The fourth-order valence-corrected chi connectivity index (χ4v) is 1.38. The van der Waals surface area contributed by atoms with Crippen LogP contribution in [0.4, 0.5) is 0 Å². The Kier molecular flexibility index (Phi) is 5.89. The molecule has 0 bridgehead atoms. The number of rotatable bonds is 6. The average molecular weight is 225 g/mol. The Morgan fingerprint density at radius 2 is 2.00 bits per heavy atom. The fourth-order valence-electron chi connectivity index (χ4n) is 0.888. The molecule has 0 aliphatic carbocycles. The van der Waals surface area contributed by atoms with Crippen LogP contribution >= 0.6 is 0 Å². The molecule has 0 heterocycles. The van der Waals surface area contributed by atoms with E-state index < -0.39 is 29.6 Å². The molecule has 84 valence electrons. The lowest BCUT2D eigenvalue weighted by Gasteiger charge is -2.24. The van der Waals surface area contributed by atoms with Crippen molar-refractivity contribution in [3.05, 3.63) is 12.8 Å². The third kappa shape index (κ3) is 4.16. The predicted molar refractivity (Wildman–Crippen MR) is 51.1 cm³/mol. The van der Waals surface area contributed by atoms with E-state index in [9.17, 15) is 9.32 Å². The van der Waals surface area contributed by atoms with E-state index in [1.807, 2.05) is 0 Å². The first-order valence-corrected chi connectivity index (χ1v) is 5.00. The average Bonchev–Trinajstić information content (AvgIpc) is 2.11. The van der Waals surface area contributed by atoms with E-state index >= 15 is 0 Å². The molecule has 0 fully saturated rings. The molecule has 0 spiro atoms. The summed E-state index contributed by atoms with van der Waals surface area (Å²) in [6.07, 6.45) is -2.08. The second-order valence-electron chi connectivity index (χ2n) is 2.89. The van der Waals surface area contributed by atoms with E-state index in [-0.39, 0.29) is 6.54 Å². The highest BCUT2D eigenvalue weighted by atomic mass is 32.2. The van der Waals surface area contributed by atoms with E-state index in [1.165, 1.54) is 6.92 Å². The van der Waals surface area contributed by atoms with Gasteiger partial charge in [-0.05, 0) is 0 Å². The third-order valence-corrected chi connectivity index (χ3v) is 2.46. The zero-order valence-electron chi connectivity index (χ0n) is 7.78. The number of hydrogen-bond donors (Lipinski definition) is 4. The van der Waals surface area contributed by atoms with Gasteiger partial charge in [-0.25, -0.2) is 4.21 Å². The second-order valence-corrected chi connectivity index (χ2v) is 3.82. The maximum atomic E-state index is 10.6. The van der Waals surface area contributed by atoms with Crippen LogP contribution in [0.5, 0.6) is 0 Å². The van der Waals surface area contributed by atoms with Gasteiger partial charge >= 0.3 is 0 Å². The van der Waals surface area contributed by atoms with E-state index in [0.29, 0.717) is 0 Å². The summed E-state index contributed by atoms with van der Waals surface area (Å²) < 4.78 is 20.3. The Balaban J connectivity index is 4.21. The monoisotopic (exact) mass is 225 g/mol. The van der Waals surface area contributed by atoms with Crippen LogP contribution in [0.25, 0.3) is 0 Å². The summed E-state index contributed by atoms with van der Waals surface area (Å²) in [5, 5.41) is 26.5. The van der Waals surface area contributed by atoms with Gasteiger partial charge < -0.3 is 15.3 Å². The second kappa shape index (κ2) is 6.10. The molecule has 0 amide bonds. The van der Waals surface area contributed by atoms with Gasteiger partial charge in [-0.2, -0.15) is 0 Å². The molecule has 0 aromatic rings. The van der Waals surface area contributed by atoms with Crippen molar-refractivity contribution in [3.8, 4) is 0 Å². The lowest BCUT2D eigenvalue weighted by molar-refractivity contribution is -0.138. The van der Waals surface area contributed by atoms with E-state index in [2.05, 4.69) is 6.58 Å². The normalized spacial score (nSPS) is 17.6. The number of nitrogens with zero attached hydrogens (tertiary/aromatic N) is 1. The predicted octanol–water partition coefficient (Wildman–Crippen LogP) is -1.12. The van der Waals surface area contributed by atoms with Crippen LogP contribution in [-0.2, 0) is 11.3 Å². The quantitative estimate of drug-likeness (QED) is 0.339. The lowest BCUT2D eigenvalue weighted by Crippen LogP contribution is -2.38. The molecule has 0 radical (unpaired) electrons. The van der Waals surface area contributed by atoms with Crippen LogP contribution in [0.3, 0.4) is 0 Å². The van der Waals surface area contributed by atoms with Gasteiger partial charge in [-0.15, -0.1) is 0 Å². The van der Waals surface area contributed by atoms with Crippen molar-refractivity contribution in [2.45, 2.75) is 19.3 Å². The third-order valence-electron chi connectivity index (χ3n) is 1.76. The largest absolute Gasteiger partial charge is 0.387 e. The van der Waals surface area contributed by atoms with Crippen molar-refractivity contribution in [2.24, 2.45) is 5.92 Å². The first-order chi connectivity index (χ1) is 6.40. The summed E-state index contributed by atoms with van der Waals surface area (Å²) in [6.45, 7) is 4.83. The Bertz CT molecular complexity index is 210. The first kappa shape index (κ1) is 13.5. The van der Waals surface area contributed by atoms with Gasteiger partial charge in [0.1, 0.15) is 6.10 Å². The number of hydrogen-bond acceptors (Lipinski definition) is 4. The summed E-state index contributed by atoms with van der Waals surface area (Å²) in [4.78, 5) is 0. The van der Waals surface area contributed by atoms with Crippen molar-refractivity contribution in [1.29, 1.82) is 0 Å². The maximum absolute atomic E-state index is 10.6. The summed E-state index contributed by atoms with van der Waals surface area (Å²) in [5.74, 6) is -0.566. The minimum atomic E-state index is -2.21. The zero-order valence-corrected chi connectivity index (χ0v) is 8.59. The van der Waals surface area contributed by atoms with E-state index in [1.54, 1.807) is 0 Å². The highest BCUT2D eigenvalue weighted by molar-refractivity contribution is 7.76. The Hall–Kier alpha value is -0.470. The Morgan fingerprint density at radius 1 is 1.50 bits per heavy atom. The molecular formula is C7H15NO5S. The molecule has 0 rings (SSSR count). The maximum Gasteiger partial charge on any atom is 0.261 e. The van der Waals surface area contributed by atoms with Gasteiger partial charge in [0.25, 0.3) is 11.3 Å². The van der Waals surface area contributed by atoms with E-state index in [0.717, 1.165) is 10.5 Å². The van der Waals surface area contributed by atoms with Crippen molar-refractivity contribution < 1.29 is 24.1 Å². The Morgan fingerprint density at radius 3 is 2.29 bits per heavy atom. The van der Waals surface area contributed by atoms with Crippen LogP contribution in [0.2, 0.25) is 0 Å². The zero-order chi connectivity index (χ0) is 11.3. The van der Waals surface area contributed by atoms with Gasteiger partial charge in [0.15, 0.2) is 6.29 Å². The van der Waals surface area contributed by atoms with Crippen LogP contribution in [-0.4, -0.2) is 47.3 Å². The van der Waals surface area contributed by atoms with Gasteiger partial charge in [0.2, 0.25) is 0 Å². The molecule has 0 saturated carbocycles. The standard InChI is InChI=1S/C7H15NO5S/c1-3-8(14(12)13)4-5(2)6(9)7(10)11/h3,5-7,9-11H,1,4H2,2H3,(H,12,13)/t5-,6?/m1/s1. The van der Waals surface area contributed by atoms with Crippen molar-refractivity contribution in [1.82, 2.24) is 4.31 Å². The van der Waals surface area contributed by atoms with Crippen LogP contribution in [0.1, 0.15) is 6.92 Å². The highest BCUT2D eigenvalue weighted by Crippen LogP contribution is 2.09. The lowest BCUT2D eigenvalue weighted by atomic mass is 10.1. The number of aliphatic hydroxyl groups excluding tert-OH is 2. The molecule has 3 atom stereocenters. The smallest absolute Gasteiger partial charge is 0.261 e. The van der Waals surface area contributed by atoms with Gasteiger partial charge in [-0.3, -0.25) is 8.86 Å². The molecule has 7 heteroatoms. The molecular weight excluding hydrogens is 210 g/mol. The summed E-state index contributed by atoms with van der Waals surface area (Å²) in [5.41, 5.74) is 0. The highest BCUT2D eigenvalue weighted by Gasteiger charge is 2.23. The SMILES string of the molecule is C=CN(C[C@@H](C)C(O)C(O)O)S(=O)O. The molecule has 0 aromatic carbocycles. The van der Waals surface area contributed by atoms with Gasteiger partial charge in [0, 0.05) is 18.7 Å². The molecule has 0 aromatic heterocycles. The summed E-state index contributed by atoms with van der Waals surface area (Å²) in [6, 6.07) is 0. The number of aliphatic hydroxyl groups is 3. The van der Waals surface area contributed by atoms with Crippen LogP contribution < -0.4 is 0 Å². The first-order valence-electron chi connectivity index (χ1n) is 3.94. The molecule has 0 saturated heterocycles. The van der Waals surface area contributed by atoms with Crippen LogP contribution in [0.15, 0.2) is 12.8 Å². The fraction of sp³-hybridized carbons (Fsp3) is 0.714. The molecule has 2 unspecified atom stereocenters. The van der Waals surface area contributed by atoms with Gasteiger partial charge in [0.05, 0.1) is 0 Å². The minimum Gasteiger partial charge on any atom is -0.387 e. The summed E-state index contributed by atoms with van der Waals surface area (Å²) in [7, 11) is 0. The Labute approximate surface area is 84.9 Å². The van der Waals surface area contributed by atoms with Crippen molar-refractivity contribution >= 4 is 11.3 Å². The van der Waals surface area contributed by atoms with E-state index in [4.69, 9.17) is 14.8 Å². The molecule has 0 aliphatic heterocycles. The van der Waals surface area contributed by atoms with Crippen molar-refractivity contribution in [2.75, 3.05) is 6.54 Å². The molecule has 14 heavy (non-hydrogen) atoms. The van der Waals surface area contributed by atoms with Crippen LogP contribution in [0, 0.1) is 5.92 Å². The molecule has 6 nitrogen and oxygen atoms in total. The minimum absolute atomic E-state index is 0.00535. The van der Waals surface area contributed by atoms with Gasteiger partial charge in [-0.1, -0.05) is 13.5 Å². The molecule has 4 N–H and O–H groups in total. The van der Waals surface area contributed by atoms with Crippen molar-refractivity contribution in [3.63, 3.8) is 0 Å². The summed E-state index contributed by atoms with van der Waals surface area (Å²) >= 11 is -2.21.